The van der Waals surface area contributed by atoms with E-state index in [0.29, 0.717) is 6.61 Å². The van der Waals surface area contributed by atoms with E-state index in [-0.39, 0.29) is 17.7 Å². The molecule has 0 aliphatic heterocycles. The molecule has 1 fully saturated rings. The first-order valence-corrected chi connectivity index (χ1v) is 10.5. The number of benzene rings is 2. The lowest BCUT2D eigenvalue weighted by Crippen LogP contribution is -2.28. The van der Waals surface area contributed by atoms with Crippen LogP contribution in [0.4, 0.5) is 0 Å². The van der Waals surface area contributed by atoms with Crippen LogP contribution < -0.4 is 10.1 Å². The molecule has 4 nitrogen and oxygen atoms in total. The second kappa shape index (κ2) is 10.8. The predicted octanol–water partition coefficient (Wildman–Crippen LogP) is 4.94. The molecule has 0 heterocycles. The molecule has 0 spiro atoms. The van der Waals surface area contributed by atoms with Gasteiger partial charge < -0.3 is 15.2 Å². The van der Waals surface area contributed by atoms with Crippen LogP contribution in [-0.4, -0.2) is 16.9 Å². The number of carbonyl (C=O) groups is 1. The number of rotatable bonds is 9. The van der Waals surface area contributed by atoms with Crippen LogP contribution in [0.1, 0.15) is 56.3 Å². The van der Waals surface area contributed by atoms with Crippen molar-refractivity contribution < 1.29 is 14.6 Å². The molecule has 0 radical (unpaired) electrons. The SMILES string of the molecule is CC(N/C=C/C(=O)C1CCCCC1)C(O)c1ccc(OCc2ccccc2)cc1. The van der Waals surface area contributed by atoms with Crippen molar-refractivity contribution in [3.8, 4) is 5.75 Å². The topological polar surface area (TPSA) is 58.6 Å². The van der Waals surface area contributed by atoms with Crippen LogP contribution in [0.2, 0.25) is 0 Å². The number of nitrogens with one attached hydrogen (secondary N) is 1. The summed E-state index contributed by atoms with van der Waals surface area (Å²) in [6, 6.07) is 17.3. The van der Waals surface area contributed by atoms with Gasteiger partial charge in [0, 0.05) is 12.1 Å². The molecule has 1 aliphatic rings. The van der Waals surface area contributed by atoms with Crippen LogP contribution in [-0.2, 0) is 11.4 Å². The van der Waals surface area contributed by atoms with Gasteiger partial charge in [-0.3, -0.25) is 4.79 Å². The molecular weight excluding hydrogens is 362 g/mol. The highest BCUT2D eigenvalue weighted by Gasteiger charge is 2.19. The Morgan fingerprint density at radius 2 is 1.79 bits per heavy atom. The zero-order chi connectivity index (χ0) is 20.5. The summed E-state index contributed by atoms with van der Waals surface area (Å²) < 4.78 is 5.79. The first-order valence-electron chi connectivity index (χ1n) is 10.5. The molecule has 1 aliphatic carbocycles. The van der Waals surface area contributed by atoms with E-state index < -0.39 is 6.10 Å². The Morgan fingerprint density at radius 3 is 2.48 bits per heavy atom. The Hall–Kier alpha value is -2.59. The maximum atomic E-state index is 12.2. The number of allylic oxidation sites excluding steroid dienone is 1. The van der Waals surface area contributed by atoms with Gasteiger partial charge in [0.05, 0.1) is 12.1 Å². The third-order valence-electron chi connectivity index (χ3n) is 5.56. The van der Waals surface area contributed by atoms with Gasteiger partial charge >= 0.3 is 0 Å². The van der Waals surface area contributed by atoms with Gasteiger partial charge in [0.15, 0.2) is 5.78 Å². The molecule has 3 rings (SSSR count). The molecule has 2 unspecified atom stereocenters. The van der Waals surface area contributed by atoms with Gasteiger partial charge in [0.2, 0.25) is 0 Å². The molecule has 2 N–H and O–H groups in total. The molecule has 2 atom stereocenters. The zero-order valence-electron chi connectivity index (χ0n) is 17.1. The first kappa shape index (κ1) is 21.1. The van der Waals surface area contributed by atoms with Gasteiger partial charge in [-0.2, -0.15) is 0 Å². The normalized spacial score (nSPS) is 17.0. The minimum atomic E-state index is -0.674. The smallest absolute Gasteiger partial charge is 0.160 e. The number of aliphatic hydroxyl groups is 1. The number of ether oxygens (including phenoxy) is 1. The van der Waals surface area contributed by atoms with Gasteiger partial charge in [-0.1, -0.05) is 61.7 Å². The third-order valence-corrected chi connectivity index (χ3v) is 5.56. The molecule has 0 aromatic heterocycles. The summed E-state index contributed by atoms with van der Waals surface area (Å²) in [6.45, 7) is 2.42. The minimum absolute atomic E-state index is 0.172. The van der Waals surface area contributed by atoms with Gasteiger partial charge in [-0.05, 0) is 49.1 Å². The molecule has 4 heteroatoms. The molecule has 1 saturated carbocycles. The van der Waals surface area contributed by atoms with Crippen LogP contribution in [0.25, 0.3) is 0 Å². The Bertz CT molecular complexity index is 779. The number of ketones is 1. The average molecular weight is 394 g/mol. The van der Waals surface area contributed by atoms with Crippen LogP contribution in [0, 0.1) is 5.92 Å². The van der Waals surface area contributed by atoms with E-state index in [1.54, 1.807) is 12.3 Å². The zero-order valence-corrected chi connectivity index (χ0v) is 17.1. The van der Waals surface area contributed by atoms with Crippen molar-refractivity contribution in [3.05, 3.63) is 78.0 Å². The van der Waals surface area contributed by atoms with E-state index in [2.05, 4.69) is 5.32 Å². The van der Waals surface area contributed by atoms with Crippen molar-refractivity contribution >= 4 is 5.78 Å². The number of aliphatic hydroxyl groups excluding tert-OH is 1. The van der Waals surface area contributed by atoms with Gasteiger partial charge in [-0.15, -0.1) is 0 Å². The maximum Gasteiger partial charge on any atom is 0.160 e. The van der Waals surface area contributed by atoms with Gasteiger partial charge in [0.25, 0.3) is 0 Å². The van der Waals surface area contributed by atoms with Crippen LogP contribution in [0.15, 0.2) is 66.9 Å². The minimum Gasteiger partial charge on any atom is -0.489 e. The second-order valence-electron chi connectivity index (χ2n) is 7.81. The van der Waals surface area contributed by atoms with E-state index in [1.807, 2.05) is 61.5 Å². The van der Waals surface area contributed by atoms with E-state index in [1.165, 1.54) is 6.42 Å². The van der Waals surface area contributed by atoms with E-state index in [0.717, 1.165) is 42.6 Å². The lowest BCUT2D eigenvalue weighted by atomic mass is 9.86. The molecule has 0 amide bonds. The Labute approximate surface area is 173 Å². The lowest BCUT2D eigenvalue weighted by molar-refractivity contribution is -0.119. The average Bonchev–Trinajstić information content (AvgIpc) is 2.78. The fourth-order valence-corrected chi connectivity index (χ4v) is 3.69. The van der Waals surface area contributed by atoms with Crippen molar-refractivity contribution in [2.45, 2.75) is 57.8 Å². The fourth-order valence-electron chi connectivity index (χ4n) is 3.69. The summed E-state index contributed by atoms with van der Waals surface area (Å²) in [4.78, 5) is 12.2. The number of carbonyl (C=O) groups excluding carboxylic acids is 1. The van der Waals surface area contributed by atoms with Gasteiger partial charge in [0.1, 0.15) is 12.4 Å². The molecule has 2 aromatic rings. The van der Waals surface area contributed by atoms with Crippen molar-refractivity contribution in [3.63, 3.8) is 0 Å². The van der Waals surface area contributed by atoms with Crippen molar-refractivity contribution in [1.29, 1.82) is 0 Å². The highest BCUT2D eigenvalue weighted by atomic mass is 16.5. The fraction of sp³-hybridized carbons (Fsp3) is 0.400. The van der Waals surface area contributed by atoms with Crippen LogP contribution in [0.3, 0.4) is 0 Å². The molecular formula is C25H31NO3. The monoisotopic (exact) mass is 393 g/mol. The van der Waals surface area contributed by atoms with Crippen LogP contribution >= 0.6 is 0 Å². The molecule has 0 bridgehead atoms. The number of hydrogen-bond acceptors (Lipinski definition) is 4. The quantitative estimate of drug-likeness (QED) is 0.593. The molecule has 2 aromatic carbocycles. The van der Waals surface area contributed by atoms with Crippen molar-refractivity contribution in [2.75, 3.05) is 0 Å². The summed E-state index contributed by atoms with van der Waals surface area (Å²) in [6.07, 6.45) is 8.18. The van der Waals surface area contributed by atoms with Crippen molar-refractivity contribution in [1.82, 2.24) is 5.32 Å². The van der Waals surface area contributed by atoms with E-state index in [4.69, 9.17) is 4.74 Å². The van der Waals surface area contributed by atoms with Crippen LogP contribution in [0.5, 0.6) is 5.75 Å². The molecule has 29 heavy (non-hydrogen) atoms. The predicted molar refractivity (Wildman–Crippen MR) is 115 cm³/mol. The lowest BCUT2D eigenvalue weighted by Gasteiger charge is -2.21. The Kier molecular flexibility index (Phi) is 7.88. The third kappa shape index (κ3) is 6.47. The molecule has 154 valence electrons. The van der Waals surface area contributed by atoms with Gasteiger partial charge in [-0.25, -0.2) is 0 Å². The summed E-state index contributed by atoms with van der Waals surface area (Å²) >= 11 is 0. The summed E-state index contributed by atoms with van der Waals surface area (Å²) in [5.41, 5.74) is 1.92. The first-order chi connectivity index (χ1) is 14.1. The maximum absolute atomic E-state index is 12.2. The standard InChI is InChI=1S/C25H31NO3/c1-19(26-17-16-24(27)21-10-6-3-7-11-21)25(28)22-12-14-23(15-13-22)29-18-20-8-4-2-5-9-20/h2,4-5,8-9,12-17,19,21,25-26,28H,3,6-7,10-11,18H2,1H3/b17-16+. The highest BCUT2D eigenvalue weighted by Crippen LogP contribution is 2.25. The van der Waals surface area contributed by atoms with Crippen molar-refractivity contribution in [2.24, 2.45) is 5.92 Å². The summed E-state index contributed by atoms with van der Waals surface area (Å²) in [5, 5.41) is 13.7. The Morgan fingerprint density at radius 1 is 1.10 bits per heavy atom. The summed E-state index contributed by atoms with van der Waals surface area (Å²) in [5.74, 6) is 1.13. The summed E-state index contributed by atoms with van der Waals surface area (Å²) in [7, 11) is 0. The molecule has 0 saturated heterocycles. The number of hydrogen-bond donors (Lipinski definition) is 2. The van der Waals surface area contributed by atoms with E-state index in [9.17, 15) is 9.90 Å². The Balaban J connectivity index is 1.46. The highest BCUT2D eigenvalue weighted by molar-refractivity contribution is 5.91. The van der Waals surface area contributed by atoms with E-state index >= 15 is 0 Å². The largest absolute Gasteiger partial charge is 0.489 e. The second-order valence-corrected chi connectivity index (χ2v) is 7.81.